The van der Waals surface area contributed by atoms with E-state index in [9.17, 15) is 0 Å². The highest BCUT2D eigenvalue weighted by Crippen LogP contribution is 2.53. The quantitative estimate of drug-likeness (QED) is 0.301. The second kappa shape index (κ2) is 10.6. The van der Waals surface area contributed by atoms with Gasteiger partial charge in [-0.1, -0.05) is 49.7 Å². The molecule has 4 heteroatoms. The fourth-order valence-electron chi connectivity index (χ4n) is 5.71. The molecule has 1 aliphatic heterocycles. The number of rotatable bonds is 10. The van der Waals surface area contributed by atoms with Gasteiger partial charge in [0.1, 0.15) is 11.5 Å². The maximum atomic E-state index is 6.09. The number of likely N-dealkylation sites (tertiary alicyclic amines) is 1. The molecule has 0 radical (unpaired) electrons. The first kappa shape index (κ1) is 24.1. The molecule has 1 aliphatic carbocycles. The lowest BCUT2D eigenvalue weighted by Gasteiger charge is -2.31. The van der Waals surface area contributed by atoms with E-state index in [1.54, 1.807) is 14.2 Å². The standard InChI is InChI=1S/C31H39NO3/c1-4-7-24-8-5-10-26-25(24)9-6-11-27(26)30-28(33-2)20-23(21-29(30)34-3)22-35-19-18-32-16-14-31(12-13-31)15-17-32/h5-6,8-11,20-21H,4,7,12-19,22H2,1-3H3. The Kier molecular flexibility index (Phi) is 7.31. The molecule has 3 aromatic carbocycles. The maximum Gasteiger partial charge on any atom is 0.130 e. The van der Waals surface area contributed by atoms with E-state index >= 15 is 0 Å². The number of nitrogens with zero attached hydrogens (tertiary/aromatic N) is 1. The molecular weight excluding hydrogens is 434 g/mol. The molecule has 5 rings (SSSR count). The van der Waals surface area contributed by atoms with Crippen molar-refractivity contribution in [2.45, 2.75) is 52.1 Å². The molecule has 0 unspecified atom stereocenters. The van der Waals surface area contributed by atoms with E-state index in [1.165, 1.54) is 55.1 Å². The van der Waals surface area contributed by atoms with Crippen LogP contribution in [0.3, 0.4) is 0 Å². The van der Waals surface area contributed by atoms with Crippen molar-refractivity contribution >= 4 is 10.8 Å². The van der Waals surface area contributed by atoms with Gasteiger partial charge in [0, 0.05) is 6.54 Å². The van der Waals surface area contributed by atoms with Crippen molar-refractivity contribution in [3.63, 3.8) is 0 Å². The molecule has 0 atom stereocenters. The Morgan fingerprint density at radius 2 is 1.54 bits per heavy atom. The monoisotopic (exact) mass is 473 g/mol. The van der Waals surface area contributed by atoms with Gasteiger partial charge in [-0.3, -0.25) is 0 Å². The SMILES string of the molecule is CCCc1cccc2c(-c3c(OC)cc(COCCN4CCC5(CC4)CC5)cc3OC)cccc12. The van der Waals surface area contributed by atoms with Crippen LogP contribution in [-0.4, -0.2) is 45.4 Å². The van der Waals surface area contributed by atoms with Crippen LogP contribution in [0, 0.1) is 5.41 Å². The van der Waals surface area contributed by atoms with Crippen molar-refractivity contribution in [2.24, 2.45) is 5.41 Å². The highest BCUT2D eigenvalue weighted by molar-refractivity contribution is 6.01. The zero-order chi connectivity index (χ0) is 24.3. The number of fused-ring (bicyclic) bond motifs is 1. The molecule has 1 saturated heterocycles. The van der Waals surface area contributed by atoms with Gasteiger partial charge in [0.05, 0.1) is 33.0 Å². The third-order valence-electron chi connectivity index (χ3n) is 8.06. The van der Waals surface area contributed by atoms with Crippen molar-refractivity contribution in [2.75, 3.05) is 40.5 Å². The lowest BCUT2D eigenvalue weighted by atomic mass is 9.92. The Hall–Kier alpha value is -2.56. The van der Waals surface area contributed by atoms with Gasteiger partial charge < -0.3 is 19.1 Å². The summed E-state index contributed by atoms with van der Waals surface area (Å²) in [7, 11) is 3.47. The Morgan fingerprint density at radius 3 is 2.20 bits per heavy atom. The molecule has 4 nitrogen and oxygen atoms in total. The molecule has 1 saturated carbocycles. The summed E-state index contributed by atoms with van der Waals surface area (Å²) in [6.07, 6.45) is 7.85. The van der Waals surface area contributed by atoms with E-state index in [1.807, 2.05) is 0 Å². The summed E-state index contributed by atoms with van der Waals surface area (Å²) in [5.74, 6) is 1.64. The van der Waals surface area contributed by atoms with Crippen LogP contribution >= 0.6 is 0 Å². The maximum absolute atomic E-state index is 6.09. The summed E-state index contributed by atoms with van der Waals surface area (Å²) in [5.41, 5.74) is 5.33. The zero-order valence-corrected chi connectivity index (χ0v) is 21.6. The smallest absolute Gasteiger partial charge is 0.130 e. The number of hydrogen-bond acceptors (Lipinski definition) is 4. The molecule has 2 aliphatic rings. The minimum atomic E-state index is 0.557. The van der Waals surface area contributed by atoms with Crippen LogP contribution in [0.1, 0.15) is 50.2 Å². The molecular formula is C31H39NO3. The average Bonchev–Trinajstić information content (AvgIpc) is 3.66. The lowest BCUT2D eigenvalue weighted by molar-refractivity contribution is 0.0766. The molecule has 1 spiro atoms. The number of aryl methyl sites for hydroxylation is 1. The van der Waals surface area contributed by atoms with Crippen molar-refractivity contribution in [1.29, 1.82) is 0 Å². The molecule has 0 aromatic heterocycles. The van der Waals surface area contributed by atoms with E-state index < -0.39 is 0 Å². The molecule has 2 fully saturated rings. The van der Waals surface area contributed by atoms with Gasteiger partial charge in [0.2, 0.25) is 0 Å². The third kappa shape index (κ3) is 5.19. The molecule has 186 valence electrons. The summed E-state index contributed by atoms with van der Waals surface area (Å²) in [6.45, 7) is 7.00. The fourth-order valence-corrected chi connectivity index (χ4v) is 5.71. The molecule has 0 N–H and O–H groups in total. The first-order valence-electron chi connectivity index (χ1n) is 13.2. The van der Waals surface area contributed by atoms with E-state index in [2.05, 4.69) is 60.4 Å². The predicted octanol–water partition coefficient (Wildman–Crippen LogP) is 6.87. The van der Waals surface area contributed by atoms with Gasteiger partial charge in [-0.25, -0.2) is 0 Å². The Labute approximate surface area is 210 Å². The molecule has 0 bridgehead atoms. The summed E-state index contributed by atoms with van der Waals surface area (Å²) in [6, 6.07) is 17.3. The predicted molar refractivity (Wildman–Crippen MR) is 143 cm³/mol. The number of ether oxygens (including phenoxy) is 3. The summed E-state index contributed by atoms with van der Waals surface area (Å²) in [4.78, 5) is 2.56. The first-order chi connectivity index (χ1) is 17.2. The van der Waals surface area contributed by atoms with Crippen molar-refractivity contribution in [3.05, 3.63) is 59.7 Å². The van der Waals surface area contributed by atoms with Crippen LogP contribution in [0.4, 0.5) is 0 Å². The van der Waals surface area contributed by atoms with Crippen molar-refractivity contribution in [3.8, 4) is 22.6 Å². The molecule has 0 amide bonds. The van der Waals surface area contributed by atoms with Crippen LogP contribution in [0.15, 0.2) is 48.5 Å². The van der Waals surface area contributed by atoms with E-state index in [-0.39, 0.29) is 0 Å². The number of hydrogen-bond donors (Lipinski definition) is 0. The second-order valence-corrected chi connectivity index (χ2v) is 10.3. The number of methoxy groups -OCH3 is 2. The Balaban J connectivity index is 1.33. The highest BCUT2D eigenvalue weighted by Gasteiger charge is 2.44. The molecule has 35 heavy (non-hydrogen) atoms. The first-order valence-corrected chi connectivity index (χ1v) is 13.2. The largest absolute Gasteiger partial charge is 0.496 e. The van der Waals surface area contributed by atoms with Crippen LogP contribution in [0.25, 0.3) is 21.9 Å². The Morgan fingerprint density at radius 1 is 0.857 bits per heavy atom. The van der Waals surface area contributed by atoms with Gasteiger partial charge in [-0.15, -0.1) is 0 Å². The number of benzene rings is 3. The van der Waals surface area contributed by atoms with Crippen molar-refractivity contribution < 1.29 is 14.2 Å². The summed E-state index contributed by atoms with van der Waals surface area (Å²) < 4.78 is 17.9. The summed E-state index contributed by atoms with van der Waals surface area (Å²) >= 11 is 0. The number of piperidine rings is 1. The normalized spacial score (nSPS) is 17.1. The average molecular weight is 474 g/mol. The highest BCUT2D eigenvalue weighted by atomic mass is 16.5. The van der Waals surface area contributed by atoms with Crippen LogP contribution in [0.5, 0.6) is 11.5 Å². The van der Waals surface area contributed by atoms with Crippen LogP contribution in [-0.2, 0) is 17.8 Å². The van der Waals surface area contributed by atoms with Gasteiger partial charge in [-0.05, 0) is 90.2 Å². The van der Waals surface area contributed by atoms with Gasteiger partial charge in [-0.2, -0.15) is 0 Å². The minimum absolute atomic E-state index is 0.557. The van der Waals surface area contributed by atoms with Crippen LogP contribution < -0.4 is 9.47 Å². The summed E-state index contributed by atoms with van der Waals surface area (Å²) in [5, 5.41) is 2.53. The minimum Gasteiger partial charge on any atom is -0.496 e. The van der Waals surface area contributed by atoms with E-state index in [0.717, 1.165) is 59.6 Å². The molecule has 1 heterocycles. The van der Waals surface area contributed by atoms with Gasteiger partial charge >= 0.3 is 0 Å². The van der Waals surface area contributed by atoms with Gasteiger partial charge in [0.15, 0.2) is 0 Å². The van der Waals surface area contributed by atoms with Crippen LogP contribution in [0.2, 0.25) is 0 Å². The van der Waals surface area contributed by atoms with E-state index in [0.29, 0.717) is 6.61 Å². The van der Waals surface area contributed by atoms with Crippen molar-refractivity contribution in [1.82, 2.24) is 4.90 Å². The van der Waals surface area contributed by atoms with E-state index in [4.69, 9.17) is 14.2 Å². The topological polar surface area (TPSA) is 30.9 Å². The zero-order valence-electron chi connectivity index (χ0n) is 21.6. The van der Waals surface area contributed by atoms with Gasteiger partial charge in [0.25, 0.3) is 0 Å². The fraction of sp³-hybridized carbons (Fsp3) is 0.484. The second-order valence-electron chi connectivity index (χ2n) is 10.3. The Bertz CT molecular complexity index is 1130. The molecule has 3 aromatic rings. The lowest BCUT2D eigenvalue weighted by Crippen LogP contribution is -2.36. The third-order valence-corrected chi connectivity index (χ3v) is 8.06.